The molecule has 0 saturated heterocycles. The number of nitrogens with zero attached hydrogens (tertiary/aromatic N) is 1. The van der Waals surface area contributed by atoms with Gasteiger partial charge in [0.15, 0.2) is 0 Å². The van der Waals surface area contributed by atoms with E-state index in [1.165, 1.54) is 11.1 Å². The normalized spacial score (nSPS) is 12.9. The second-order valence-corrected chi connectivity index (χ2v) is 2.90. The lowest BCUT2D eigenvalue weighted by Gasteiger charge is -1.99. The Balaban J connectivity index is 3.00. The first-order valence-corrected chi connectivity index (χ1v) is 4.69. The Labute approximate surface area is 85.5 Å². The Morgan fingerprint density at radius 1 is 1.21 bits per heavy atom. The molecule has 0 amide bonds. The van der Waals surface area contributed by atoms with E-state index in [-0.39, 0.29) is 0 Å². The van der Waals surface area contributed by atoms with Crippen LogP contribution < -0.4 is 0 Å². The molecule has 0 spiro atoms. The summed E-state index contributed by atoms with van der Waals surface area (Å²) < 4.78 is 0. The van der Waals surface area contributed by atoms with Gasteiger partial charge in [-0.1, -0.05) is 42.5 Å². The van der Waals surface area contributed by atoms with E-state index in [2.05, 4.69) is 23.2 Å². The Kier molecular flexibility index (Phi) is 4.42. The van der Waals surface area contributed by atoms with Gasteiger partial charge in [-0.25, -0.2) is 0 Å². The molecule has 0 aliphatic carbocycles. The molecule has 1 nitrogen and oxygen atoms in total. The topological polar surface area (TPSA) is 12.4 Å². The van der Waals surface area contributed by atoms with Crippen LogP contribution in [-0.2, 0) is 0 Å². The molecule has 1 heteroatoms. The molecule has 0 unspecified atom stereocenters. The van der Waals surface area contributed by atoms with Crippen LogP contribution in [0.3, 0.4) is 0 Å². The van der Waals surface area contributed by atoms with E-state index in [0.29, 0.717) is 0 Å². The van der Waals surface area contributed by atoms with Crippen molar-refractivity contribution in [2.75, 3.05) is 7.05 Å². The van der Waals surface area contributed by atoms with E-state index in [0.717, 1.165) is 0 Å². The lowest BCUT2D eigenvalue weighted by Crippen LogP contribution is -1.80. The number of hydrogen-bond donors (Lipinski definition) is 0. The summed E-state index contributed by atoms with van der Waals surface area (Å²) in [6.45, 7) is 2.01. The van der Waals surface area contributed by atoms with Crippen LogP contribution in [0.15, 0.2) is 53.6 Å². The zero-order valence-corrected chi connectivity index (χ0v) is 8.64. The highest BCUT2D eigenvalue weighted by molar-refractivity contribution is 5.88. The average Bonchev–Trinajstić information content (AvgIpc) is 2.25. The number of hydrogen-bond acceptors (Lipinski definition) is 1. The fourth-order valence-electron chi connectivity index (χ4n) is 1.21. The SMILES string of the molecule is C/C=C\C(=C/C=NC)c1ccccc1. The largest absolute Gasteiger partial charge is 0.296 e. The van der Waals surface area contributed by atoms with Crippen LogP contribution in [0.5, 0.6) is 0 Å². The van der Waals surface area contributed by atoms with Gasteiger partial charge < -0.3 is 0 Å². The molecule has 0 aliphatic heterocycles. The molecule has 0 saturated carbocycles. The van der Waals surface area contributed by atoms with Gasteiger partial charge in [-0.3, -0.25) is 4.99 Å². The summed E-state index contributed by atoms with van der Waals surface area (Å²) in [7, 11) is 1.77. The Morgan fingerprint density at radius 3 is 2.50 bits per heavy atom. The minimum atomic E-state index is 1.18. The summed E-state index contributed by atoms with van der Waals surface area (Å²) in [5, 5.41) is 0. The summed E-state index contributed by atoms with van der Waals surface area (Å²) in [6.07, 6.45) is 7.93. The summed E-state index contributed by atoms with van der Waals surface area (Å²) in [5.41, 5.74) is 2.39. The minimum Gasteiger partial charge on any atom is -0.296 e. The zero-order valence-electron chi connectivity index (χ0n) is 8.64. The fourth-order valence-corrected chi connectivity index (χ4v) is 1.21. The van der Waals surface area contributed by atoms with Gasteiger partial charge in [0.1, 0.15) is 0 Å². The van der Waals surface area contributed by atoms with E-state index in [4.69, 9.17) is 0 Å². The molecule has 0 aromatic heterocycles. The quantitative estimate of drug-likeness (QED) is 0.506. The summed E-state index contributed by atoms with van der Waals surface area (Å²) >= 11 is 0. The lowest BCUT2D eigenvalue weighted by atomic mass is 10.1. The third-order valence-electron chi connectivity index (χ3n) is 1.86. The third kappa shape index (κ3) is 3.02. The van der Waals surface area contributed by atoms with Crippen LogP contribution >= 0.6 is 0 Å². The molecule has 0 atom stereocenters. The first kappa shape index (κ1) is 10.5. The van der Waals surface area contributed by atoms with Crippen LogP contribution in [0.2, 0.25) is 0 Å². The molecular formula is C13H15N. The Bertz CT molecular complexity index is 345. The monoisotopic (exact) mass is 185 g/mol. The first-order valence-electron chi connectivity index (χ1n) is 4.69. The fraction of sp³-hybridized carbons (Fsp3) is 0.154. The van der Waals surface area contributed by atoms with Crippen molar-refractivity contribution in [3.63, 3.8) is 0 Å². The second-order valence-electron chi connectivity index (χ2n) is 2.90. The van der Waals surface area contributed by atoms with Crippen LogP contribution in [-0.4, -0.2) is 13.3 Å². The highest BCUT2D eigenvalue weighted by atomic mass is 14.6. The summed E-state index contributed by atoms with van der Waals surface area (Å²) in [6, 6.07) is 10.3. The van der Waals surface area contributed by atoms with E-state index < -0.39 is 0 Å². The summed E-state index contributed by atoms with van der Waals surface area (Å²) in [5.74, 6) is 0. The van der Waals surface area contributed by atoms with Gasteiger partial charge in [0.05, 0.1) is 0 Å². The van der Waals surface area contributed by atoms with Crippen molar-refractivity contribution in [1.82, 2.24) is 0 Å². The molecule has 1 aromatic carbocycles. The average molecular weight is 185 g/mol. The maximum Gasteiger partial charge on any atom is 0.0277 e. The van der Waals surface area contributed by atoms with Crippen molar-refractivity contribution >= 4 is 11.8 Å². The van der Waals surface area contributed by atoms with Crippen molar-refractivity contribution in [3.8, 4) is 0 Å². The van der Waals surface area contributed by atoms with Crippen molar-refractivity contribution in [1.29, 1.82) is 0 Å². The zero-order chi connectivity index (χ0) is 10.2. The minimum absolute atomic E-state index is 1.18. The molecule has 72 valence electrons. The molecule has 1 aromatic rings. The van der Waals surface area contributed by atoms with Gasteiger partial charge in [-0.2, -0.15) is 0 Å². The molecule has 0 fully saturated rings. The van der Waals surface area contributed by atoms with E-state index in [9.17, 15) is 0 Å². The third-order valence-corrected chi connectivity index (χ3v) is 1.86. The predicted molar refractivity (Wildman–Crippen MR) is 63.6 cm³/mol. The number of allylic oxidation sites excluding steroid dienone is 4. The maximum atomic E-state index is 3.95. The maximum absolute atomic E-state index is 3.95. The standard InChI is InChI=1S/C13H15N/c1-3-7-12(10-11-14-2)13-8-5-4-6-9-13/h3-11H,1-2H3/b7-3-,12-10+,14-11?. The Hall–Kier alpha value is -1.63. The van der Waals surface area contributed by atoms with Crippen molar-refractivity contribution in [3.05, 3.63) is 54.1 Å². The van der Waals surface area contributed by atoms with Gasteiger partial charge in [0, 0.05) is 13.3 Å². The van der Waals surface area contributed by atoms with Gasteiger partial charge >= 0.3 is 0 Å². The second kappa shape index (κ2) is 5.92. The number of rotatable bonds is 3. The van der Waals surface area contributed by atoms with Gasteiger partial charge in [-0.15, -0.1) is 0 Å². The van der Waals surface area contributed by atoms with Crippen molar-refractivity contribution < 1.29 is 0 Å². The molecule has 14 heavy (non-hydrogen) atoms. The Morgan fingerprint density at radius 2 is 1.93 bits per heavy atom. The molecule has 0 N–H and O–H groups in total. The molecule has 0 aliphatic rings. The molecule has 0 radical (unpaired) electrons. The highest BCUT2D eigenvalue weighted by Gasteiger charge is 1.93. The number of aliphatic imine (C=N–C) groups is 1. The smallest absolute Gasteiger partial charge is 0.0277 e. The van der Waals surface area contributed by atoms with Crippen molar-refractivity contribution in [2.45, 2.75) is 6.92 Å². The van der Waals surface area contributed by atoms with Crippen LogP contribution in [0.25, 0.3) is 5.57 Å². The van der Waals surface area contributed by atoms with Gasteiger partial charge in [0.2, 0.25) is 0 Å². The lowest BCUT2D eigenvalue weighted by molar-refractivity contribution is 1.47. The van der Waals surface area contributed by atoms with Gasteiger partial charge in [-0.05, 0) is 24.1 Å². The van der Waals surface area contributed by atoms with E-state index in [1.807, 2.05) is 43.5 Å². The molecular weight excluding hydrogens is 170 g/mol. The van der Waals surface area contributed by atoms with E-state index in [1.54, 1.807) is 7.05 Å². The number of benzene rings is 1. The first-order chi connectivity index (χ1) is 6.88. The van der Waals surface area contributed by atoms with Crippen molar-refractivity contribution in [2.24, 2.45) is 4.99 Å². The summed E-state index contributed by atoms with van der Waals surface area (Å²) in [4.78, 5) is 3.95. The van der Waals surface area contributed by atoms with Gasteiger partial charge in [0.25, 0.3) is 0 Å². The van der Waals surface area contributed by atoms with Crippen LogP contribution in [0.4, 0.5) is 0 Å². The highest BCUT2D eigenvalue weighted by Crippen LogP contribution is 2.14. The molecule has 1 rings (SSSR count). The molecule has 0 heterocycles. The molecule has 0 bridgehead atoms. The van der Waals surface area contributed by atoms with E-state index >= 15 is 0 Å². The van der Waals surface area contributed by atoms with Crippen LogP contribution in [0.1, 0.15) is 12.5 Å². The predicted octanol–water partition coefficient (Wildman–Crippen LogP) is 3.35. The van der Waals surface area contributed by atoms with Crippen LogP contribution in [0, 0.1) is 0 Å².